The fourth-order valence-corrected chi connectivity index (χ4v) is 3.69. The summed E-state index contributed by atoms with van der Waals surface area (Å²) in [4.78, 5) is 7.79. The monoisotopic (exact) mass is 418 g/mol. The molecule has 160 valence electrons. The first-order chi connectivity index (χ1) is 14.3. The second-order valence-electron chi connectivity index (χ2n) is 7.88. The highest BCUT2D eigenvalue weighted by molar-refractivity contribution is 6.02. The molecule has 0 radical (unpaired) electrons. The Morgan fingerprint density at radius 3 is 2.40 bits per heavy atom. The van der Waals surface area contributed by atoms with Crippen LogP contribution in [0, 0.1) is 34.3 Å². The molecule has 0 aliphatic carbocycles. The summed E-state index contributed by atoms with van der Waals surface area (Å²) in [5.74, 6) is -2.01. The third kappa shape index (κ3) is 5.02. The highest BCUT2D eigenvalue weighted by Crippen LogP contribution is 2.29. The zero-order chi connectivity index (χ0) is 21.8. The number of hydrogen-bond acceptors (Lipinski definition) is 5. The number of pyridine rings is 1. The van der Waals surface area contributed by atoms with Gasteiger partial charge in [-0.25, -0.2) is 18.7 Å². The summed E-state index contributed by atoms with van der Waals surface area (Å²) in [6, 6.07) is 4.11. The van der Waals surface area contributed by atoms with Gasteiger partial charge in [-0.05, 0) is 30.0 Å². The number of amidine groups is 1. The molecule has 1 aromatic carbocycles. The largest absolute Gasteiger partial charge is 0.368 e. The maximum absolute atomic E-state index is 14.8. The predicted molar refractivity (Wildman–Crippen MR) is 109 cm³/mol. The van der Waals surface area contributed by atoms with Gasteiger partial charge in [0.1, 0.15) is 17.5 Å². The van der Waals surface area contributed by atoms with Crippen molar-refractivity contribution in [2.24, 2.45) is 11.0 Å². The molecule has 0 spiro atoms. The van der Waals surface area contributed by atoms with Crippen LogP contribution in [-0.2, 0) is 13.0 Å². The molecule has 9 heteroatoms. The average molecular weight is 418 g/mol. The molecule has 1 aliphatic rings. The van der Waals surface area contributed by atoms with E-state index in [9.17, 15) is 13.2 Å². The highest BCUT2D eigenvalue weighted by atomic mass is 19.1. The minimum atomic E-state index is -0.709. The lowest BCUT2D eigenvalue weighted by atomic mass is 9.98. The summed E-state index contributed by atoms with van der Waals surface area (Å²) >= 11 is 0. The molecule has 6 nitrogen and oxygen atoms in total. The van der Waals surface area contributed by atoms with Crippen LogP contribution in [0.5, 0.6) is 0 Å². The summed E-state index contributed by atoms with van der Waals surface area (Å²) in [5, 5.41) is 11.0. The first kappa shape index (κ1) is 21.9. The average Bonchev–Trinajstić information content (AvgIpc) is 2.69. The van der Waals surface area contributed by atoms with Gasteiger partial charge in [0.2, 0.25) is 0 Å². The number of benzene rings is 1. The molecule has 30 heavy (non-hydrogen) atoms. The number of aromatic nitrogens is 1. The maximum Gasteiger partial charge on any atom is 0.178 e. The normalized spacial score (nSPS) is 14.9. The molecule has 2 aromatic rings. The molecule has 1 fully saturated rings. The van der Waals surface area contributed by atoms with Crippen molar-refractivity contribution >= 4 is 11.5 Å². The van der Waals surface area contributed by atoms with E-state index in [0.29, 0.717) is 44.2 Å². The number of anilines is 1. The van der Waals surface area contributed by atoms with Crippen LogP contribution in [0.3, 0.4) is 0 Å². The fourth-order valence-electron chi connectivity index (χ4n) is 3.69. The number of rotatable bonds is 6. The molecule has 0 amide bonds. The molecule has 2 N–H and O–H groups in total. The molecule has 1 saturated heterocycles. The van der Waals surface area contributed by atoms with Gasteiger partial charge in [0.25, 0.3) is 0 Å². The number of hydrogen-bond donors (Lipinski definition) is 2. The molecule has 0 bridgehead atoms. The van der Waals surface area contributed by atoms with Crippen molar-refractivity contribution in [1.82, 2.24) is 9.88 Å². The Hall–Kier alpha value is -2.81. The molecule has 0 atom stereocenters. The molecule has 3 rings (SSSR count). The lowest BCUT2D eigenvalue weighted by Crippen LogP contribution is -2.46. The van der Waals surface area contributed by atoms with E-state index >= 15 is 0 Å². The molecule has 1 aliphatic heterocycles. The van der Waals surface area contributed by atoms with Crippen molar-refractivity contribution in [2.45, 2.75) is 26.8 Å². The van der Waals surface area contributed by atoms with Crippen molar-refractivity contribution in [2.75, 3.05) is 31.1 Å². The van der Waals surface area contributed by atoms with E-state index in [1.54, 1.807) is 0 Å². The minimum absolute atomic E-state index is 0.0252. The van der Waals surface area contributed by atoms with Gasteiger partial charge in [0.15, 0.2) is 5.84 Å². The SMILES string of the molecule is CC(C)Cc1cc(F)c(C(=N)N=N)c(N2CCN(Cc3ncc(F)cc3F)CC2)c1. The Bertz CT molecular complexity index is 939. The lowest BCUT2D eigenvalue weighted by molar-refractivity contribution is 0.243. The van der Waals surface area contributed by atoms with Crippen LogP contribution >= 0.6 is 0 Å². The third-order valence-corrected chi connectivity index (χ3v) is 5.09. The molecular formula is C21H25F3N6. The van der Waals surface area contributed by atoms with E-state index in [0.717, 1.165) is 17.8 Å². The van der Waals surface area contributed by atoms with Crippen LogP contribution in [-0.4, -0.2) is 41.9 Å². The first-order valence-electron chi connectivity index (χ1n) is 9.84. The number of nitrogens with zero attached hydrogens (tertiary/aromatic N) is 4. The van der Waals surface area contributed by atoms with E-state index in [-0.39, 0.29) is 17.8 Å². The highest BCUT2D eigenvalue weighted by Gasteiger charge is 2.24. The third-order valence-electron chi connectivity index (χ3n) is 5.09. The molecule has 1 aromatic heterocycles. The summed E-state index contributed by atoms with van der Waals surface area (Å²) in [7, 11) is 0. The summed E-state index contributed by atoms with van der Waals surface area (Å²) in [6.45, 7) is 6.56. The molecule has 0 saturated carbocycles. The molecular weight excluding hydrogens is 393 g/mol. The van der Waals surface area contributed by atoms with E-state index in [2.05, 4.69) is 10.1 Å². The van der Waals surface area contributed by atoms with Gasteiger partial charge in [0.05, 0.1) is 23.1 Å². The minimum Gasteiger partial charge on any atom is -0.368 e. The second kappa shape index (κ2) is 9.34. The van der Waals surface area contributed by atoms with Gasteiger partial charge in [-0.1, -0.05) is 13.8 Å². The Balaban J connectivity index is 1.78. The number of nitrogens with one attached hydrogen (secondary N) is 2. The van der Waals surface area contributed by atoms with Crippen molar-refractivity contribution in [1.29, 1.82) is 10.9 Å². The Kier molecular flexibility index (Phi) is 6.81. The molecule has 0 unspecified atom stereocenters. The predicted octanol–water partition coefficient (Wildman–Crippen LogP) is 4.38. The smallest absolute Gasteiger partial charge is 0.178 e. The Labute approximate surface area is 173 Å². The zero-order valence-corrected chi connectivity index (χ0v) is 17.1. The fraction of sp³-hybridized carbons (Fsp3) is 0.429. The van der Waals surface area contributed by atoms with E-state index in [4.69, 9.17) is 10.9 Å². The Morgan fingerprint density at radius 2 is 1.80 bits per heavy atom. The van der Waals surface area contributed by atoms with Crippen LogP contribution in [0.4, 0.5) is 18.9 Å². The van der Waals surface area contributed by atoms with E-state index < -0.39 is 23.3 Å². The number of piperazine rings is 1. The van der Waals surface area contributed by atoms with Crippen LogP contribution in [0.25, 0.3) is 0 Å². The zero-order valence-electron chi connectivity index (χ0n) is 17.1. The van der Waals surface area contributed by atoms with Gasteiger partial charge in [0, 0.05) is 38.8 Å². The summed E-state index contributed by atoms with van der Waals surface area (Å²) < 4.78 is 41.7. The first-order valence-corrected chi connectivity index (χ1v) is 9.84. The lowest BCUT2D eigenvalue weighted by Gasteiger charge is -2.37. The van der Waals surface area contributed by atoms with Crippen LogP contribution < -0.4 is 4.90 Å². The quantitative estimate of drug-likeness (QED) is 0.415. The van der Waals surface area contributed by atoms with E-state index in [1.165, 1.54) is 6.07 Å². The van der Waals surface area contributed by atoms with Crippen molar-refractivity contribution in [3.05, 3.63) is 58.7 Å². The van der Waals surface area contributed by atoms with Crippen molar-refractivity contribution < 1.29 is 13.2 Å². The Morgan fingerprint density at radius 1 is 1.10 bits per heavy atom. The van der Waals surface area contributed by atoms with Gasteiger partial charge >= 0.3 is 0 Å². The van der Waals surface area contributed by atoms with Crippen LogP contribution in [0.1, 0.15) is 30.7 Å². The van der Waals surface area contributed by atoms with Crippen molar-refractivity contribution in [3.63, 3.8) is 0 Å². The second-order valence-corrected chi connectivity index (χ2v) is 7.88. The maximum atomic E-state index is 14.8. The number of halogens is 3. The van der Waals surface area contributed by atoms with Crippen LogP contribution in [0.15, 0.2) is 29.5 Å². The summed E-state index contributed by atoms with van der Waals surface area (Å²) in [6.07, 6.45) is 1.70. The molecule has 2 heterocycles. The van der Waals surface area contributed by atoms with Gasteiger partial charge in [-0.15, -0.1) is 5.11 Å². The van der Waals surface area contributed by atoms with Crippen molar-refractivity contribution in [3.8, 4) is 0 Å². The summed E-state index contributed by atoms with van der Waals surface area (Å²) in [5.41, 5.74) is 8.75. The van der Waals surface area contributed by atoms with E-state index in [1.807, 2.05) is 29.7 Å². The van der Waals surface area contributed by atoms with Gasteiger partial charge in [-0.3, -0.25) is 15.3 Å². The standard InChI is InChI=1S/C21H25F3N6/c1-13(2)7-14-8-17(24)20(21(25)28-26)19(9-14)30-5-3-29(4-6-30)12-18-16(23)10-15(22)11-27-18/h8-11,13,25-26H,3-7,12H2,1-2H3. The topological polar surface area (TPSA) is 79.4 Å². The van der Waals surface area contributed by atoms with Gasteiger partial charge < -0.3 is 4.90 Å². The van der Waals surface area contributed by atoms with Gasteiger partial charge in [-0.2, -0.15) is 0 Å². The van der Waals surface area contributed by atoms with Crippen LogP contribution in [0.2, 0.25) is 0 Å².